The fraction of sp³-hybridized carbons (Fsp3) is 0.364. The monoisotopic (exact) mass is 382 g/mol. The molecule has 0 unspecified atom stereocenters. The van der Waals surface area contributed by atoms with Crippen LogP contribution in [-0.2, 0) is 22.6 Å². The number of carbonyl (C=O) groups is 2. The number of carbonyl (C=O) groups excluding carboxylic acids is 2. The molecule has 3 rings (SSSR count). The third-order valence-electron chi connectivity index (χ3n) is 4.92. The Labute approximate surface area is 165 Å². The molecule has 1 N–H and O–H groups in total. The Kier molecular flexibility index (Phi) is 6.53. The molecule has 2 aromatic carbocycles. The molecule has 1 aliphatic heterocycles. The first-order valence-corrected chi connectivity index (χ1v) is 9.47. The van der Waals surface area contributed by atoms with Gasteiger partial charge in [-0.15, -0.1) is 0 Å². The predicted molar refractivity (Wildman–Crippen MR) is 108 cm³/mol. The van der Waals surface area contributed by atoms with E-state index in [0.29, 0.717) is 25.8 Å². The van der Waals surface area contributed by atoms with E-state index in [1.54, 1.807) is 14.2 Å². The molecule has 0 spiro atoms. The van der Waals surface area contributed by atoms with Crippen molar-refractivity contribution in [2.45, 2.75) is 32.2 Å². The first-order valence-electron chi connectivity index (χ1n) is 9.47. The lowest BCUT2D eigenvalue weighted by Crippen LogP contribution is -2.24. The Balaban J connectivity index is 1.50. The molecule has 6 nitrogen and oxygen atoms in total. The van der Waals surface area contributed by atoms with Crippen LogP contribution in [0.1, 0.15) is 30.4 Å². The number of nitrogens with zero attached hydrogens (tertiary/aromatic N) is 1. The lowest BCUT2D eigenvalue weighted by Gasteiger charge is -2.16. The molecule has 0 radical (unpaired) electrons. The highest BCUT2D eigenvalue weighted by Gasteiger charge is 2.21. The molecule has 2 amide bonds. The standard InChI is InChI=1S/C22H26N2O4/c1-27-19-10-11-20(28-2)17(14-19)7-12-21(25)23-15-16-5-8-18(9-6-16)24-13-3-4-22(24)26/h5-6,8-11,14H,3-4,7,12-13,15H2,1-2H3,(H,23,25). The summed E-state index contributed by atoms with van der Waals surface area (Å²) >= 11 is 0. The summed E-state index contributed by atoms with van der Waals surface area (Å²) in [4.78, 5) is 25.8. The molecule has 1 fully saturated rings. The number of aryl methyl sites for hydroxylation is 1. The van der Waals surface area contributed by atoms with E-state index in [0.717, 1.165) is 41.3 Å². The van der Waals surface area contributed by atoms with Crippen molar-refractivity contribution in [2.24, 2.45) is 0 Å². The Morgan fingerprint density at radius 3 is 2.54 bits per heavy atom. The summed E-state index contributed by atoms with van der Waals surface area (Å²) in [5.41, 5.74) is 2.86. The second kappa shape index (κ2) is 9.26. The third kappa shape index (κ3) is 4.82. The van der Waals surface area contributed by atoms with Gasteiger partial charge in [0.1, 0.15) is 11.5 Å². The Morgan fingerprint density at radius 1 is 1.11 bits per heavy atom. The van der Waals surface area contributed by atoms with Crippen molar-refractivity contribution in [3.05, 3.63) is 53.6 Å². The van der Waals surface area contributed by atoms with Crippen molar-refractivity contribution in [3.8, 4) is 11.5 Å². The maximum Gasteiger partial charge on any atom is 0.227 e. The molecule has 0 aromatic heterocycles. The van der Waals surface area contributed by atoms with Crippen LogP contribution < -0.4 is 19.7 Å². The summed E-state index contributed by atoms with van der Waals surface area (Å²) in [5, 5.41) is 2.94. The van der Waals surface area contributed by atoms with Crippen LogP contribution in [0.3, 0.4) is 0 Å². The van der Waals surface area contributed by atoms with Crippen LogP contribution in [0.5, 0.6) is 11.5 Å². The zero-order valence-corrected chi connectivity index (χ0v) is 16.4. The number of benzene rings is 2. The fourth-order valence-corrected chi connectivity index (χ4v) is 3.33. The number of hydrogen-bond acceptors (Lipinski definition) is 4. The third-order valence-corrected chi connectivity index (χ3v) is 4.92. The average Bonchev–Trinajstić information content (AvgIpc) is 3.16. The van der Waals surface area contributed by atoms with Gasteiger partial charge < -0.3 is 19.7 Å². The second-order valence-electron chi connectivity index (χ2n) is 6.77. The molecule has 2 aromatic rings. The highest BCUT2D eigenvalue weighted by molar-refractivity contribution is 5.95. The van der Waals surface area contributed by atoms with Crippen molar-refractivity contribution >= 4 is 17.5 Å². The Morgan fingerprint density at radius 2 is 1.89 bits per heavy atom. The van der Waals surface area contributed by atoms with Crippen molar-refractivity contribution in [1.82, 2.24) is 5.32 Å². The molecule has 1 saturated heterocycles. The lowest BCUT2D eigenvalue weighted by atomic mass is 10.1. The van der Waals surface area contributed by atoms with Crippen LogP contribution in [0.2, 0.25) is 0 Å². The van der Waals surface area contributed by atoms with Gasteiger partial charge in [0.25, 0.3) is 0 Å². The van der Waals surface area contributed by atoms with Gasteiger partial charge in [0.05, 0.1) is 14.2 Å². The minimum absolute atomic E-state index is 0.0244. The molecule has 0 aliphatic carbocycles. The molecule has 0 bridgehead atoms. The maximum absolute atomic E-state index is 12.2. The zero-order valence-electron chi connectivity index (χ0n) is 16.4. The van der Waals surface area contributed by atoms with Gasteiger partial charge in [-0.1, -0.05) is 12.1 Å². The molecule has 148 valence electrons. The van der Waals surface area contributed by atoms with Crippen LogP contribution in [-0.4, -0.2) is 32.6 Å². The van der Waals surface area contributed by atoms with E-state index in [9.17, 15) is 9.59 Å². The predicted octanol–water partition coefficient (Wildman–Crippen LogP) is 3.08. The van der Waals surface area contributed by atoms with Gasteiger partial charge in [-0.05, 0) is 54.3 Å². The van der Waals surface area contributed by atoms with Crippen LogP contribution in [0.15, 0.2) is 42.5 Å². The molecule has 0 atom stereocenters. The van der Waals surface area contributed by atoms with Crippen LogP contribution >= 0.6 is 0 Å². The number of ether oxygens (including phenoxy) is 2. The lowest BCUT2D eigenvalue weighted by molar-refractivity contribution is -0.121. The minimum Gasteiger partial charge on any atom is -0.497 e. The largest absolute Gasteiger partial charge is 0.497 e. The number of nitrogens with one attached hydrogen (secondary N) is 1. The minimum atomic E-state index is -0.0244. The number of amides is 2. The number of methoxy groups -OCH3 is 2. The maximum atomic E-state index is 12.2. The average molecular weight is 382 g/mol. The quantitative estimate of drug-likeness (QED) is 0.762. The van der Waals surface area contributed by atoms with E-state index in [-0.39, 0.29) is 11.8 Å². The van der Waals surface area contributed by atoms with Crippen LogP contribution in [0, 0.1) is 0 Å². The van der Waals surface area contributed by atoms with Gasteiger partial charge in [-0.3, -0.25) is 9.59 Å². The van der Waals surface area contributed by atoms with Crippen LogP contribution in [0.4, 0.5) is 5.69 Å². The number of hydrogen-bond donors (Lipinski definition) is 1. The first-order chi connectivity index (χ1) is 13.6. The number of rotatable bonds is 8. The Bertz CT molecular complexity index is 833. The first kappa shape index (κ1) is 19.7. The molecule has 1 heterocycles. The highest BCUT2D eigenvalue weighted by Crippen LogP contribution is 2.25. The summed E-state index contributed by atoms with van der Waals surface area (Å²) in [6, 6.07) is 13.3. The van der Waals surface area contributed by atoms with Gasteiger partial charge in [-0.2, -0.15) is 0 Å². The van der Waals surface area contributed by atoms with E-state index < -0.39 is 0 Å². The summed E-state index contributed by atoms with van der Waals surface area (Å²) in [7, 11) is 3.23. The van der Waals surface area contributed by atoms with E-state index in [4.69, 9.17) is 9.47 Å². The van der Waals surface area contributed by atoms with Crippen molar-refractivity contribution in [1.29, 1.82) is 0 Å². The topological polar surface area (TPSA) is 67.9 Å². The highest BCUT2D eigenvalue weighted by atomic mass is 16.5. The van der Waals surface area contributed by atoms with E-state index in [2.05, 4.69) is 5.32 Å². The normalized spacial score (nSPS) is 13.5. The summed E-state index contributed by atoms with van der Waals surface area (Å²) in [6.45, 7) is 1.24. The molecule has 6 heteroatoms. The molecular weight excluding hydrogens is 356 g/mol. The van der Waals surface area contributed by atoms with E-state index >= 15 is 0 Å². The summed E-state index contributed by atoms with van der Waals surface area (Å²) in [6.07, 6.45) is 2.47. The van der Waals surface area contributed by atoms with Gasteiger partial charge in [0.15, 0.2) is 0 Å². The molecule has 1 aliphatic rings. The molecule has 0 saturated carbocycles. The van der Waals surface area contributed by atoms with Gasteiger partial charge in [0, 0.05) is 31.6 Å². The zero-order chi connectivity index (χ0) is 19.9. The van der Waals surface area contributed by atoms with Gasteiger partial charge in [0.2, 0.25) is 11.8 Å². The fourth-order valence-electron chi connectivity index (χ4n) is 3.33. The van der Waals surface area contributed by atoms with Crippen molar-refractivity contribution in [2.75, 3.05) is 25.7 Å². The van der Waals surface area contributed by atoms with E-state index in [1.165, 1.54) is 0 Å². The number of anilines is 1. The smallest absolute Gasteiger partial charge is 0.227 e. The van der Waals surface area contributed by atoms with Gasteiger partial charge in [-0.25, -0.2) is 0 Å². The SMILES string of the molecule is COc1ccc(OC)c(CCC(=O)NCc2ccc(N3CCCC3=O)cc2)c1. The summed E-state index contributed by atoms with van der Waals surface area (Å²) < 4.78 is 10.6. The van der Waals surface area contributed by atoms with Crippen molar-refractivity contribution < 1.29 is 19.1 Å². The van der Waals surface area contributed by atoms with E-state index in [1.807, 2.05) is 47.4 Å². The van der Waals surface area contributed by atoms with Gasteiger partial charge >= 0.3 is 0 Å². The van der Waals surface area contributed by atoms with Crippen LogP contribution in [0.25, 0.3) is 0 Å². The molecule has 28 heavy (non-hydrogen) atoms. The molecular formula is C22H26N2O4. The Hall–Kier alpha value is -3.02. The second-order valence-corrected chi connectivity index (χ2v) is 6.77. The van der Waals surface area contributed by atoms with Crippen molar-refractivity contribution in [3.63, 3.8) is 0 Å². The summed E-state index contributed by atoms with van der Waals surface area (Å²) in [5.74, 6) is 1.64.